The van der Waals surface area contributed by atoms with E-state index in [0.717, 1.165) is 43.2 Å². The van der Waals surface area contributed by atoms with Gasteiger partial charge in [-0.3, -0.25) is 19.4 Å². The maximum absolute atomic E-state index is 14.3. The molecule has 3 aliphatic rings. The third-order valence-electron chi connectivity index (χ3n) is 9.48. The monoisotopic (exact) mass is 666 g/mol. The Morgan fingerprint density at radius 2 is 1.67 bits per heavy atom. The summed E-state index contributed by atoms with van der Waals surface area (Å²) >= 11 is 1.15. The number of carbonyl (C=O) groups is 2. The molecule has 0 radical (unpaired) electrons. The Morgan fingerprint density at radius 1 is 0.913 bits per heavy atom. The number of imide groups is 1. The molecule has 12 heteroatoms. The van der Waals surface area contributed by atoms with Crippen LogP contribution in [0.25, 0.3) is 0 Å². The number of piperazine rings is 1. The van der Waals surface area contributed by atoms with Gasteiger partial charge in [0.1, 0.15) is 4.21 Å². The fourth-order valence-corrected chi connectivity index (χ4v) is 9.21. The Kier molecular flexibility index (Phi) is 9.98. The van der Waals surface area contributed by atoms with Crippen molar-refractivity contribution in [2.75, 3.05) is 51.8 Å². The third-order valence-corrected chi connectivity index (χ3v) is 12.3. The predicted octanol–water partition coefficient (Wildman–Crippen LogP) is 5.32. The van der Waals surface area contributed by atoms with Crippen LogP contribution in [-0.4, -0.2) is 83.0 Å². The van der Waals surface area contributed by atoms with Gasteiger partial charge in [-0.15, -0.1) is 11.3 Å². The molecule has 46 heavy (non-hydrogen) atoms. The Bertz CT molecular complexity index is 1650. The number of hydrogen-bond donors (Lipinski definition) is 1. The van der Waals surface area contributed by atoms with Gasteiger partial charge in [-0.1, -0.05) is 37.5 Å². The van der Waals surface area contributed by atoms with Crippen molar-refractivity contribution < 1.29 is 27.5 Å². The Morgan fingerprint density at radius 3 is 2.37 bits per heavy atom. The van der Waals surface area contributed by atoms with Crippen molar-refractivity contribution in [1.29, 1.82) is 0 Å². The average Bonchev–Trinajstić information content (AvgIpc) is 3.73. The molecule has 0 spiro atoms. The van der Waals surface area contributed by atoms with E-state index in [1.54, 1.807) is 42.8 Å². The number of hydrogen-bond acceptors (Lipinski definition) is 9. The topological polar surface area (TPSA) is 108 Å². The van der Waals surface area contributed by atoms with Gasteiger partial charge in [0.25, 0.3) is 11.8 Å². The van der Waals surface area contributed by atoms with Crippen LogP contribution in [0.3, 0.4) is 0 Å². The SMILES string of the molecule is COc1ccc([C@@H](CCCNS(=O)(=O)c2cccs2)N2C(=O)c3cccc(N4CCN(C5CCCCC5)CC4)c3C2=O)cc1OC. The Labute approximate surface area is 275 Å². The summed E-state index contributed by atoms with van der Waals surface area (Å²) < 4.78 is 39.3. The van der Waals surface area contributed by atoms with Crippen molar-refractivity contribution in [3.8, 4) is 11.5 Å². The molecule has 2 aromatic carbocycles. The molecule has 10 nitrogen and oxygen atoms in total. The van der Waals surface area contributed by atoms with Gasteiger partial charge in [-0.2, -0.15) is 0 Å². The van der Waals surface area contributed by atoms with Crippen molar-refractivity contribution in [2.24, 2.45) is 0 Å². The van der Waals surface area contributed by atoms with Crippen molar-refractivity contribution in [3.05, 3.63) is 70.6 Å². The molecule has 0 bridgehead atoms. The van der Waals surface area contributed by atoms with E-state index < -0.39 is 16.1 Å². The van der Waals surface area contributed by atoms with E-state index in [2.05, 4.69) is 14.5 Å². The van der Waals surface area contributed by atoms with Gasteiger partial charge < -0.3 is 14.4 Å². The van der Waals surface area contributed by atoms with Crippen LogP contribution in [-0.2, 0) is 10.0 Å². The number of ether oxygens (including phenoxy) is 2. The molecule has 3 heterocycles. The molecule has 2 fully saturated rings. The summed E-state index contributed by atoms with van der Waals surface area (Å²) in [5, 5.41) is 1.72. The van der Waals surface area contributed by atoms with Crippen LogP contribution in [0.4, 0.5) is 5.69 Å². The second-order valence-electron chi connectivity index (χ2n) is 12.1. The number of anilines is 1. The lowest BCUT2D eigenvalue weighted by molar-refractivity contribution is 0.0572. The highest BCUT2D eigenvalue weighted by Gasteiger charge is 2.43. The zero-order chi connectivity index (χ0) is 32.3. The first-order valence-corrected chi connectivity index (χ1v) is 18.4. The average molecular weight is 667 g/mol. The molecular weight excluding hydrogens is 625 g/mol. The fourth-order valence-electron chi connectivity index (χ4n) is 7.10. The lowest BCUT2D eigenvalue weighted by Gasteiger charge is -2.41. The molecular formula is C34H42N4O6S2. The van der Waals surface area contributed by atoms with Crippen molar-refractivity contribution in [3.63, 3.8) is 0 Å². The van der Waals surface area contributed by atoms with Crippen molar-refractivity contribution in [2.45, 2.75) is 61.2 Å². The molecule has 2 amide bonds. The zero-order valence-electron chi connectivity index (χ0n) is 26.4. The van der Waals surface area contributed by atoms with E-state index >= 15 is 0 Å². The number of benzene rings is 2. The van der Waals surface area contributed by atoms with E-state index in [9.17, 15) is 18.0 Å². The number of thiophene rings is 1. The van der Waals surface area contributed by atoms with Gasteiger partial charge in [-0.05, 0) is 67.0 Å². The first-order valence-electron chi connectivity index (χ1n) is 16.1. The third kappa shape index (κ3) is 6.53. The van der Waals surface area contributed by atoms with Crippen molar-refractivity contribution >= 4 is 38.9 Å². The van der Waals surface area contributed by atoms with Gasteiger partial charge in [-0.25, -0.2) is 13.1 Å². The maximum Gasteiger partial charge on any atom is 0.264 e. The Balaban J connectivity index is 1.24. The molecule has 0 unspecified atom stereocenters. The van der Waals surface area contributed by atoms with Crippen LogP contribution in [0, 0.1) is 0 Å². The molecule has 1 aromatic heterocycles. The highest BCUT2D eigenvalue weighted by atomic mass is 32.2. The molecule has 1 atom stereocenters. The molecule has 1 aliphatic carbocycles. The van der Waals surface area contributed by atoms with Crippen LogP contribution in [0.2, 0.25) is 0 Å². The molecule has 6 rings (SSSR count). The second-order valence-corrected chi connectivity index (χ2v) is 15.0. The minimum Gasteiger partial charge on any atom is -0.493 e. The van der Waals surface area contributed by atoms with Crippen LogP contribution >= 0.6 is 11.3 Å². The number of nitrogens with zero attached hydrogens (tertiary/aromatic N) is 3. The molecule has 2 aliphatic heterocycles. The summed E-state index contributed by atoms with van der Waals surface area (Å²) in [6.45, 7) is 3.64. The van der Waals surface area contributed by atoms with Gasteiger partial charge in [0.15, 0.2) is 11.5 Å². The fraction of sp³-hybridized carbons (Fsp3) is 0.471. The van der Waals surface area contributed by atoms with Gasteiger partial charge in [0, 0.05) is 38.8 Å². The van der Waals surface area contributed by atoms with Gasteiger partial charge >= 0.3 is 0 Å². The van der Waals surface area contributed by atoms with Crippen LogP contribution < -0.4 is 19.1 Å². The first-order chi connectivity index (χ1) is 22.3. The number of rotatable bonds is 12. The summed E-state index contributed by atoms with van der Waals surface area (Å²) in [5.41, 5.74) is 2.36. The number of amides is 2. The zero-order valence-corrected chi connectivity index (χ0v) is 28.1. The van der Waals surface area contributed by atoms with Crippen molar-refractivity contribution in [1.82, 2.24) is 14.5 Å². The molecule has 1 saturated heterocycles. The Hall–Kier alpha value is -3.45. The van der Waals surface area contributed by atoms with E-state index in [-0.39, 0.29) is 22.6 Å². The highest BCUT2D eigenvalue weighted by molar-refractivity contribution is 7.91. The quantitative estimate of drug-likeness (QED) is 0.205. The summed E-state index contributed by atoms with van der Waals surface area (Å²) in [6, 6.07) is 14.2. The molecule has 1 N–H and O–H groups in total. The molecule has 246 valence electrons. The number of fused-ring (bicyclic) bond motifs is 1. The lowest BCUT2D eigenvalue weighted by atomic mass is 9.93. The number of nitrogens with one attached hydrogen (secondary N) is 1. The minimum atomic E-state index is -3.64. The number of carbonyl (C=O) groups excluding carboxylic acids is 2. The van der Waals surface area contributed by atoms with E-state index in [0.29, 0.717) is 47.1 Å². The molecule has 1 saturated carbocycles. The van der Waals surface area contributed by atoms with E-state index in [1.807, 2.05) is 18.2 Å². The van der Waals surface area contributed by atoms with Gasteiger partial charge in [0.2, 0.25) is 10.0 Å². The largest absolute Gasteiger partial charge is 0.493 e. The smallest absolute Gasteiger partial charge is 0.264 e. The van der Waals surface area contributed by atoms with Gasteiger partial charge in [0.05, 0.1) is 37.1 Å². The van der Waals surface area contributed by atoms with Crippen LogP contribution in [0.5, 0.6) is 11.5 Å². The maximum atomic E-state index is 14.3. The normalized spacial score (nSPS) is 18.6. The minimum absolute atomic E-state index is 0.156. The summed E-state index contributed by atoms with van der Waals surface area (Å²) in [6.07, 6.45) is 7.19. The number of sulfonamides is 1. The van der Waals surface area contributed by atoms with Crippen LogP contribution in [0.15, 0.2) is 58.1 Å². The standard InChI is InChI=1S/C34H42N4O6S2/c1-43-29-16-15-24(23-30(29)44-2)27(13-7-17-35-46(41,42)31-14-8-22-45-31)38-33(39)26-11-6-12-28(32(26)34(38)40)37-20-18-36(19-21-37)25-9-4-3-5-10-25/h6,8,11-12,14-16,22-23,25,27,35H,3-5,7,9-10,13,17-21H2,1-2H3/t27-/m1/s1. The molecule has 3 aromatic rings. The summed E-state index contributed by atoms with van der Waals surface area (Å²) in [5.74, 6) is 0.341. The van der Waals surface area contributed by atoms with Crippen LogP contribution in [0.1, 0.15) is 77.3 Å². The summed E-state index contributed by atoms with van der Waals surface area (Å²) in [7, 11) is -0.546. The first kappa shape index (κ1) is 32.5. The van der Waals surface area contributed by atoms with E-state index in [4.69, 9.17) is 9.47 Å². The summed E-state index contributed by atoms with van der Waals surface area (Å²) in [4.78, 5) is 34.6. The lowest BCUT2D eigenvalue weighted by Crippen LogP contribution is -2.51. The number of methoxy groups -OCH3 is 2. The second kappa shape index (κ2) is 14.1. The predicted molar refractivity (Wildman–Crippen MR) is 179 cm³/mol. The van der Waals surface area contributed by atoms with E-state index in [1.165, 1.54) is 44.1 Å². The highest BCUT2D eigenvalue weighted by Crippen LogP contribution is 2.40.